The molecule has 1 aliphatic carbocycles. The van der Waals surface area contributed by atoms with Crippen LogP contribution in [0.2, 0.25) is 0 Å². The zero-order chi connectivity index (χ0) is 23.3. The minimum atomic E-state index is -0.0659. The number of hydrogen-bond donors (Lipinski definition) is 1. The largest absolute Gasteiger partial charge is 0.379 e. The van der Waals surface area contributed by atoms with Crippen molar-refractivity contribution in [3.8, 4) is 11.1 Å². The summed E-state index contributed by atoms with van der Waals surface area (Å²) in [4.78, 5) is 24.7. The lowest BCUT2D eigenvalue weighted by Crippen LogP contribution is -2.35. The molecule has 0 spiro atoms. The number of pyridine rings is 2. The first-order chi connectivity index (χ1) is 16.7. The summed E-state index contributed by atoms with van der Waals surface area (Å²) in [6.45, 7) is 6.32. The van der Waals surface area contributed by atoms with Gasteiger partial charge in [0.2, 0.25) is 0 Å². The Labute approximate surface area is 200 Å². The molecule has 34 heavy (non-hydrogen) atoms. The molecule has 1 aliphatic heterocycles. The van der Waals surface area contributed by atoms with Gasteiger partial charge in [0, 0.05) is 43.2 Å². The molecule has 2 aromatic heterocycles. The number of nitrogens with zero attached hydrogens (tertiary/aromatic N) is 3. The highest BCUT2D eigenvalue weighted by molar-refractivity contribution is 6.26. The Morgan fingerprint density at radius 1 is 1.06 bits per heavy atom. The van der Waals surface area contributed by atoms with Crippen LogP contribution in [-0.2, 0) is 22.5 Å². The Balaban J connectivity index is 1.37. The molecule has 174 valence electrons. The average Bonchev–Trinajstić information content (AvgIpc) is 2.90. The molecule has 0 radical (unpaired) electrons. The van der Waals surface area contributed by atoms with Crippen molar-refractivity contribution >= 4 is 17.2 Å². The van der Waals surface area contributed by atoms with Gasteiger partial charge in [-0.3, -0.25) is 19.7 Å². The lowest BCUT2D eigenvalue weighted by molar-refractivity contribution is -0.111. The van der Waals surface area contributed by atoms with E-state index in [9.17, 15) is 4.79 Å². The van der Waals surface area contributed by atoms with E-state index in [0.717, 1.165) is 80.1 Å². The maximum atomic E-state index is 13.5. The third kappa shape index (κ3) is 4.93. The summed E-state index contributed by atoms with van der Waals surface area (Å²) < 4.78 is 5.42. The second kappa shape index (κ2) is 10.3. The van der Waals surface area contributed by atoms with Gasteiger partial charge in [0.25, 0.3) is 5.91 Å². The van der Waals surface area contributed by atoms with Gasteiger partial charge >= 0.3 is 0 Å². The van der Waals surface area contributed by atoms with Gasteiger partial charge in [-0.25, -0.2) is 0 Å². The van der Waals surface area contributed by atoms with Crippen molar-refractivity contribution in [1.29, 1.82) is 0 Å². The second-order valence-corrected chi connectivity index (χ2v) is 8.83. The Hall–Kier alpha value is -3.35. The molecule has 0 atom stereocenters. The quantitative estimate of drug-likeness (QED) is 0.584. The van der Waals surface area contributed by atoms with Crippen molar-refractivity contribution in [3.05, 3.63) is 83.4 Å². The minimum absolute atomic E-state index is 0.0659. The summed E-state index contributed by atoms with van der Waals surface area (Å²) in [5.41, 5.74) is 8.08. The predicted molar refractivity (Wildman–Crippen MR) is 134 cm³/mol. The van der Waals surface area contributed by atoms with E-state index >= 15 is 0 Å². The molecule has 1 N–H and O–H groups in total. The van der Waals surface area contributed by atoms with Gasteiger partial charge in [-0.15, -0.1) is 0 Å². The number of anilines is 1. The molecule has 1 aromatic carbocycles. The number of amides is 1. The summed E-state index contributed by atoms with van der Waals surface area (Å²) in [7, 11) is 0. The summed E-state index contributed by atoms with van der Waals surface area (Å²) in [5.74, 6) is -0.0659. The number of carbonyl (C=O) groups excluding carboxylic acids is 1. The summed E-state index contributed by atoms with van der Waals surface area (Å²) in [5, 5.41) is 3.10. The van der Waals surface area contributed by atoms with Gasteiger partial charge in [-0.1, -0.05) is 30.7 Å². The molecule has 1 saturated heterocycles. The van der Waals surface area contributed by atoms with Gasteiger partial charge < -0.3 is 10.1 Å². The van der Waals surface area contributed by atoms with Gasteiger partial charge in [0.15, 0.2) is 0 Å². The number of aromatic nitrogens is 2. The summed E-state index contributed by atoms with van der Waals surface area (Å²) in [6, 6.07) is 14.3. The van der Waals surface area contributed by atoms with Crippen LogP contribution in [0.1, 0.15) is 36.6 Å². The van der Waals surface area contributed by atoms with E-state index in [0.29, 0.717) is 5.69 Å². The first kappa shape index (κ1) is 22.4. The second-order valence-electron chi connectivity index (χ2n) is 8.83. The number of morpholine rings is 1. The fraction of sp³-hybridized carbons (Fsp3) is 0.321. The van der Waals surface area contributed by atoms with Crippen molar-refractivity contribution in [2.45, 2.75) is 32.7 Å². The van der Waals surface area contributed by atoms with E-state index in [1.165, 1.54) is 11.1 Å². The van der Waals surface area contributed by atoms with Crippen molar-refractivity contribution in [2.75, 3.05) is 31.6 Å². The number of allylic oxidation sites excluding steroid dienone is 1. The number of fused-ring (bicyclic) bond motifs is 1. The number of benzene rings is 1. The van der Waals surface area contributed by atoms with Crippen molar-refractivity contribution in [2.24, 2.45) is 0 Å². The average molecular weight is 455 g/mol. The van der Waals surface area contributed by atoms with E-state index in [4.69, 9.17) is 4.74 Å². The molecule has 6 nitrogen and oxygen atoms in total. The zero-order valence-corrected chi connectivity index (χ0v) is 19.6. The van der Waals surface area contributed by atoms with Crippen molar-refractivity contribution < 1.29 is 9.53 Å². The molecule has 5 rings (SSSR count). The molecule has 3 aromatic rings. The molecule has 3 heterocycles. The molecule has 2 aliphatic rings. The Bertz CT molecular complexity index is 1180. The molecule has 0 bridgehead atoms. The highest BCUT2D eigenvalue weighted by atomic mass is 16.5. The fourth-order valence-electron chi connectivity index (χ4n) is 4.75. The van der Waals surface area contributed by atoms with Crippen LogP contribution in [0, 0.1) is 0 Å². The van der Waals surface area contributed by atoms with Crippen molar-refractivity contribution in [1.82, 2.24) is 14.9 Å². The minimum Gasteiger partial charge on any atom is -0.379 e. The van der Waals surface area contributed by atoms with Crippen LogP contribution in [-0.4, -0.2) is 47.1 Å². The number of nitrogens with one attached hydrogen (secondary N) is 1. The van der Waals surface area contributed by atoms with Crippen LogP contribution in [0.15, 0.2) is 66.6 Å². The number of ether oxygens (including phenoxy) is 1. The number of hydrogen-bond acceptors (Lipinski definition) is 5. The SMILES string of the molecule is CCC1=C(C(=O)Nc2ccc(CN3CCOCC3)nc2)c2cc(-c3cccnc3)ccc2CC1. The molecular weight excluding hydrogens is 424 g/mol. The molecule has 1 amide bonds. The van der Waals surface area contributed by atoms with Crippen LogP contribution in [0.25, 0.3) is 16.7 Å². The Morgan fingerprint density at radius 2 is 1.94 bits per heavy atom. The number of aryl methyl sites for hydroxylation is 1. The van der Waals surface area contributed by atoms with Crippen LogP contribution in [0.3, 0.4) is 0 Å². The molecule has 0 unspecified atom stereocenters. The van der Waals surface area contributed by atoms with Gasteiger partial charge in [-0.05, 0) is 60.2 Å². The first-order valence-corrected chi connectivity index (χ1v) is 12.0. The van der Waals surface area contributed by atoms with Crippen molar-refractivity contribution in [3.63, 3.8) is 0 Å². The maximum Gasteiger partial charge on any atom is 0.256 e. The molecule has 6 heteroatoms. The molecule has 0 saturated carbocycles. The zero-order valence-electron chi connectivity index (χ0n) is 19.6. The fourth-order valence-corrected chi connectivity index (χ4v) is 4.75. The number of carbonyl (C=O) groups is 1. The van der Waals surface area contributed by atoms with Crippen LogP contribution in [0.4, 0.5) is 5.69 Å². The van der Waals surface area contributed by atoms with E-state index in [-0.39, 0.29) is 5.91 Å². The smallest absolute Gasteiger partial charge is 0.256 e. The van der Waals surface area contributed by atoms with E-state index in [2.05, 4.69) is 45.3 Å². The van der Waals surface area contributed by atoms with E-state index in [1.54, 1.807) is 12.4 Å². The lowest BCUT2D eigenvalue weighted by atomic mass is 9.82. The molecular formula is C28H30N4O2. The molecule has 1 fully saturated rings. The van der Waals surface area contributed by atoms with Crippen LogP contribution in [0.5, 0.6) is 0 Å². The summed E-state index contributed by atoms with van der Waals surface area (Å²) >= 11 is 0. The predicted octanol–water partition coefficient (Wildman–Crippen LogP) is 4.72. The maximum absolute atomic E-state index is 13.5. The van der Waals surface area contributed by atoms with Gasteiger partial charge in [0.1, 0.15) is 0 Å². The monoisotopic (exact) mass is 454 g/mol. The Kier molecular flexibility index (Phi) is 6.79. The standard InChI is InChI=1S/C28H30N4O2/c1-2-20-5-6-21-7-8-22(23-4-3-11-29-17-23)16-26(21)27(20)28(33)31-24-9-10-25(30-18-24)19-32-12-14-34-15-13-32/h3-4,7-11,16-18H,2,5-6,12-15,19H2,1H3,(H,31,33). The third-order valence-electron chi connectivity index (χ3n) is 6.65. The number of rotatable bonds is 6. The van der Waals surface area contributed by atoms with E-state index in [1.807, 2.05) is 30.5 Å². The normalized spacial score (nSPS) is 16.3. The van der Waals surface area contributed by atoms with Crippen LogP contribution >= 0.6 is 0 Å². The summed E-state index contributed by atoms with van der Waals surface area (Å²) in [6.07, 6.45) is 8.12. The van der Waals surface area contributed by atoms with Gasteiger partial charge in [-0.2, -0.15) is 0 Å². The topological polar surface area (TPSA) is 67.4 Å². The highest BCUT2D eigenvalue weighted by Crippen LogP contribution is 2.36. The first-order valence-electron chi connectivity index (χ1n) is 12.0. The Morgan fingerprint density at radius 3 is 2.68 bits per heavy atom. The third-order valence-corrected chi connectivity index (χ3v) is 6.65. The van der Waals surface area contributed by atoms with Gasteiger partial charge in [0.05, 0.1) is 30.8 Å². The lowest BCUT2D eigenvalue weighted by Gasteiger charge is -2.26. The van der Waals surface area contributed by atoms with E-state index < -0.39 is 0 Å². The van der Waals surface area contributed by atoms with Crippen LogP contribution < -0.4 is 5.32 Å². The highest BCUT2D eigenvalue weighted by Gasteiger charge is 2.24.